The molecule has 186 valence electrons. The van der Waals surface area contributed by atoms with E-state index in [9.17, 15) is 16.8 Å². The number of hydrogen-bond donors (Lipinski definition) is 0. The van der Waals surface area contributed by atoms with Gasteiger partial charge in [0.15, 0.2) is 0 Å². The topological polar surface area (TPSA) is 74.8 Å². The van der Waals surface area contributed by atoms with E-state index >= 15 is 0 Å². The molecule has 0 spiro atoms. The normalized spacial score (nSPS) is 12.2. The molecule has 0 aliphatic carbocycles. The summed E-state index contributed by atoms with van der Waals surface area (Å²) in [5.41, 5.74) is 1.63. The van der Waals surface area contributed by atoms with Crippen molar-refractivity contribution < 1.29 is 16.8 Å². The maximum atomic E-state index is 13.6. The molecule has 0 fully saturated rings. The Kier molecular flexibility index (Phi) is 8.32. The smallest absolute Gasteiger partial charge is 0.207 e. The van der Waals surface area contributed by atoms with Crippen LogP contribution in [-0.2, 0) is 33.1 Å². The van der Waals surface area contributed by atoms with Crippen LogP contribution < -0.4 is 0 Å². The predicted molar refractivity (Wildman–Crippen MR) is 141 cm³/mol. The lowest BCUT2D eigenvalue weighted by molar-refractivity contribution is 0.336. The predicted octanol–water partition coefficient (Wildman–Crippen LogP) is 4.77. The lowest BCUT2D eigenvalue weighted by atomic mass is 10.2. The summed E-state index contributed by atoms with van der Waals surface area (Å²) in [5.74, 6) is 0. The average Bonchev–Trinajstić information content (AvgIpc) is 2.92. The van der Waals surface area contributed by atoms with Gasteiger partial charge in [-0.1, -0.05) is 97.1 Å². The maximum Gasteiger partial charge on any atom is 0.243 e. The van der Waals surface area contributed by atoms with Gasteiger partial charge in [-0.25, -0.2) is 16.8 Å². The van der Waals surface area contributed by atoms with Crippen LogP contribution in [0.15, 0.2) is 131 Å². The molecule has 0 unspecified atom stereocenters. The quantitative estimate of drug-likeness (QED) is 0.286. The standard InChI is InChI=1S/C28H28N2O4S2/c31-35(32,27-17-9-3-10-18-27)29(23-25-13-5-1-6-14-25)21-22-30(24-26-15-7-2-8-16-26)36(33,34)28-19-11-4-12-20-28/h1-20H,21-24H2. The summed E-state index contributed by atoms with van der Waals surface area (Å²) in [4.78, 5) is 0.336. The molecule has 0 N–H and O–H groups in total. The van der Waals surface area contributed by atoms with E-state index in [0.29, 0.717) is 0 Å². The highest BCUT2D eigenvalue weighted by molar-refractivity contribution is 7.89. The molecule has 0 aromatic heterocycles. The van der Waals surface area contributed by atoms with Gasteiger partial charge in [-0.05, 0) is 35.4 Å². The van der Waals surface area contributed by atoms with Crippen molar-refractivity contribution in [3.8, 4) is 0 Å². The van der Waals surface area contributed by atoms with E-state index in [1.54, 1.807) is 60.7 Å². The summed E-state index contributed by atoms with van der Waals surface area (Å²) >= 11 is 0. The highest BCUT2D eigenvalue weighted by Gasteiger charge is 2.29. The summed E-state index contributed by atoms with van der Waals surface area (Å²) in [7, 11) is -7.73. The SMILES string of the molecule is O=S(=O)(c1ccccc1)N(CCN(Cc1ccccc1)S(=O)(=O)c1ccccc1)Cc1ccccc1. The Bertz CT molecular complexity index is 1330. The van der Waals surface area contributed by atoms with Crippen molar-refractivity contribution in [3.05, 3.63) is 132 Å². The highest BCUT2D eigenvalue weighted by Crippen LogP contribution is 2.22. The zero-order valence-corrected chi connectivity index (χ0v) is 21.4. The molecule has 0 radical (unpaired) electrons. The van der Waals surface area contributed by atoms with Gasteiger partial charge in [0.05, 0.1) is 9.79 Å². The molecule has 0 aliphatic rings. The largest absolute Gasteiger partial charge is 0.243 e. The number of rotatable bonds is 11. The van der Waals surface area contributed by atoms with Crippen molar-refractivity contribution in [2.45, 2.75) is 22.9 Å². The monoisotopic (exact) mass is 520 g/mol. The molecule has 6 nitrogen and oxygen atoms in total. The molecular formula is C28H28N2O4S2. The second-order valence-corrected chi connectivity index (χ2v) is 12.2. The van der Waals surface area contributed by atoms with Crippen LogP contribution in [0.4, 0.5) is 0 Å². The molecule has 4 aromatic rings. The third-order valence-electron chi connectivity index (χ3n) is 5.76. The maximum absolute atomic E-state index is 13.6. The summed E-state index contributed by atoms with van der Waals surface area (Å²) in [6.45, 7) is 0.237. The van der Waals surface area contributed by atoms with E-state index in [-0.39, 0.29) is 36.0 Å². The second kappa shape index (κ2) is 11.6. The van der Waals surface area contributed by atoms with Crippen LogP contribution in [0.25, 0.3) is 0 Å². The fraction of sp³-hybridized carbons (Fsp3) is 0.143. The highest BCUT2D eigenvalue weighted by atomic mass is 32.2. The van der Waals surface area contributed by atoms with Crippen LogP contribution in [0.3, 0.4) is 0 Å². The first kappa shape index (κ1) is 25.8. The Hall–Kier alpha value is -3.30. The van der Waals surface area contributed by atoms with Crippen LogP contribution in [-0.4, -0.2) is 38.5 Å². The first-order valence-corrected chi connectivity index (χ1v) is 14.4. The van der Waals surface area contributed by atoms with Gasteiger partial charge >= 0.3 is 0 Å². The summed E-state index contributed by atoms with van der Waals surface area (Å²) < 4.78 is 57.0. The fourth-order valence-electron chi connectivity index (χ4n) is 3.85. The minimum atomic E-state index is -3.87. The third-order valence-corrected chi connectivity index (χ3v) is 9.48. The molecule has 0 aliphatic heterocycles. The van der Waals surface area contributed by atoms with Crippen LogP contribution in [0.5, 0.6) is 0 Å². The van der Waals surface area contributed by atoms with Crippen molar-refractivity contribution in [3.63, 3.8) is 0 Å². The molecule has 36 heavy (non-hydrogen) atoms. The Labute approximate surface area is 213 Å². The van der Waals surface area contributed by atoms with Crippen molar-refractivity contribution in [2.75, 3.05) is 13.1 Å². The van der Waals surface area contributed by atoms with Crippen molar-refractivity contribution >= 4 is 20.0 Å². The Morgan fingerprint density at radius 3 is 1.00 bits per heavy atom. The van der Waals surface area contributed by atoms with Gasteiger partial charge in [-0.15, -0.1) is 0 Å². The van der Waals surface area contributed by atoms with Crippen LogP contribution in [0, 0.1) is 0 Å². The average molecular weight is 521 g/mol. The van der Waals surface area contributed by atoms with Gasteiger partial charge in [0.2, 0.25) is 20.0 Å². The summed E-state index contributed by atoms with van der Waals surface area (Å²) in [5, 5.41) is 0. The lowest BCUT2D eigenvalue weighted by Crippen LogP contribution is -2.40. The Morgan fingerprint density at radius 1 is 0.417 bits per heavy atom. The molecule has 8 heteroatoms. The van der Waals surface area contributed by atoms with Crippen molar-refractivity contribution in [1.82, 2.24) is 8.61 Å². The molecule has 0 bridgehead atoms. The number of nitrogens with zero attached hydrogens (tertiary/aromatic N) is 2. The lowest BCUT2D eigenvalue weighted by Gasteiger charge is -2.27. The number of benzene rings is 4. The molecule has 0 atom stereocenters. The molecule has 4 rings (SSSR count). The third kappa shape index (κ3) is 6.27. The van der Waals surface area contributed by atoms with E-state index in [0.717, 1.165) is 11.1 Å². The number of sulfonamides is 2. The van der Waals surface area contributed by atoms with Gasteiger partial charge in [-0.2, -0.15) is 8.61 Å². The van der Waals surface area contributed by atoms with Gasteiger partial charge < -0.3 is 0 Å². The first-order chi connectivity index (χ1) is 17.4. The zero-order chi connectivity index (χ0) is 25.4. The van der Waals surface area contributed by atoms with E-state index in [4.69, 9.17) is 0 Å². The van der Waals surface area contributed by atoms with Gasteiger partial charge in [0, 0.05) is 26.2 Å². The second-order valence-electron chi connectivity index (χ2n) is 8.27. The van der Waals surface area contributed by atoms with Gasteiger partial charge in [0.1, 0.15) is 0 Å². The van der Waals surface area contributed by atoms with Crippen LogP contribution in [0.2, 0.25) is 0 Å². The number of hydrogen-bond acceptors (Lipinski definition) is 4. The van der Waals surface area contributed by atoms with E-state index in [2.05, 4.69) is 0 Å². The van der Waals surface area contributed by atoms with Gasteiger partial charge in [-0.3, -0.25) is 0 Å². The molecule has 0 saturated carbocycles. The van der Waals surface area contributed by atoms with E-state index in [1.165, 1.54) is 8.61 Å². The van der Waals surface area contributed by atoms with E-state index in [1.807, 2.05) is 60.7 Å². The van der Waals surface area contributed by atoms with Crippen molar-refractivity contribution in [1.29, 1.82) is 0 Å². The summed E-state index contributed by atoms with van der Waals surface area (Å²) in [6, 6.07) is 35.0. The zero-order valence-electron chi connectivity index (χ0n) is 19.7. The minimum Gasteiger partial charge on any atom is -0.207 e. The Morgan fingerprint density at radius 2 is 0.694 bits per heavy atom. The molecule has 0 amide bonds. The van der Waals surface area contributed by atoms with Crippen LogP contribution in [0.1, 0.15) is 11.1 Å². The Balaban J connectivity index is 1.66. The first-order valence-electron chi connectivity index (χ1n) is 11.6. The fourth-order valence-corrected chi connectivity index (χ4v) is 6.73. The molecule has 0 saturated heterocycles. The minimum absolute atomic E-state index is 0.00891. The summed E-state index contributed by atoms with van der Waals surface area (Å²) in [6.07, 6.45) is 0. The van der Waals surface area contributed by atoms with Crippen molar-refractivity contribution in [2.24, 2.45) is 0 Å². The van der Waals surface area contributed by atoms with Gasteiger partial charge in [0.25, 0.3) is 0 Å². The van der Waals surface area contributed by atoms with Crippen LogP contribution >= 0.6 is 0 Å². The molecule has 0 heterocycles. The molecular weight excluding hydrogens is 492 g/mol. The van der Waals surface area contributed by atoms with E-state index < -0.39 is 20.0 Å². The molecule has 4 aromatic carbocycles.